The number of nitrogens with one attached hydrogen (secondary N) is 4. The first-order valence-corrected chi connectivity index (χ1v) is 11.3. The summed E-state index contributed by atoms with van der Waals surface area (Å²) >= 11 is 0. The highest BCUT2D eigenvalue weighted by Crippen LogP contribution is 2.33. The number of alkyl halides is 1. The summed E-state index contributed by atoms with van der Waals surface area (Å²) in [5.41, 5.74) is 2.19. The molecule has 2 aliphatic heterocycles. The van der Waals surface area contributed by atoms with Crippen LogP contribution in [0.4, 0.5) is 26.6 Å². The van der Waals surface area contributed by atoms with E-state index >= 15 is 0 Å². The van der Waals surface area contributed by atoms with Crippen LogP contribution < -0.4 is 20.9 Å². The zero-order chi connectivity index (χ0) is 23.7. The molecule has 2 fully saturated rings. The molecule has 12 nitrogen and oxygen atoms in total. The lowest BCUT2D eigenvalue weighted by Crippen LogP contribution is -2.43. The second-order valence-electron chi connectivity index (χ2n) is 8.60. The zero-order valence-corrected chi connectivity index (χ0v) is 19.0. The van der Waals surface area contributed by atoms with E-state index < -0.39 is 24.5 Å². The molecule has 2 saturated heterocycles. The van der Waals surface area contributed by atoms with Crippen LogP contribution >= 0.6 is 0 Å². The predicted molar refractivity (Wildman–Crippen MR) is 122 cm³/mol. The molecule has 5 rings (SSSR count). The van der Waals surface area contributed by atoms with Crippen LogP contribution in [0, 0.1) is 0 Å². The molecule has 3 aromatic rings. The van der Waals surface area contributed by atoms with Crippen molar-refractivity contribution in [3.8, 4) is 0 Å². The summed E-state index contributed by atoms with van der Waals surface area (Å²) < 4.78 is 27.5. The van der Waals surface area contributed by atoms with Gasteiger partial charge in [-0.3, -0.25) is 9.50 Å². The minimum Gasteiger partial charge on any atom is -0.441 e. The van der Waals surface area contributed by atoms with E-state index in [1.165, 1.54) is 0 Å². The summed E-state index contributed by atoms with van der Waals surface area (Å²) in [5, 5.41) is 16.1. The van der Waals surface area contributed by atoms with E-state index in [4.69, 9.17) is 9.47 Å². The lowest BCUT2D eigenvalue weighted by molar-refractivity contribution is 0.0615. The Hall–Kier alpha value is -3.45. The molecule has 1 amide bonds. The van der Waals surface area contributed by atoms with E-state index in [1.807, 2.05) is 10.6 Å². The number of halogens is 1. The van der Waals surface area contributed by atoms with Crippen molar-refractivity contribution >= 4 is 29.2 Å². The first-order chi connectivity index (χ1) is 16.5. The van der Waals surface area contributed by atoms with Gasteiger partial charge in [-0.05, 0) is 13.8 Å². The smallest absolute Gasteiger partial charge is 0.407 e. The third kappa shape index (κ3) is 4.48. The maximum absolute atomic E-state index is 14.9. The van der Waals surface area contributed by atoms with Gasteiger partial charge in [-0.15, -0.1) is 0 Å². The summed E-state index contributed by atoms with van der Waals surface area (Å²) in [7, 11) is 0. The van der Waals surface area contributed by atoms with Crippen molar-refractivity contribution in [1.29, 1.82) is 0 Å². The Kier molecular flexibility index (Phi) is 6.20. The largest absolute Gasteiger partial charge is 0.441 e. The molecule has 0 saturated carbocycles. The lowest BCUT2D eigenvalue weighted by atomic mass is 10.1. The van der Waals surface area contributed by atoms with Gasteiger partial charge in [-0.1, -0.05) is 0 Å². The third-order valence-electron chi connectivity index (χ3n) is 5.76. The fourth-order valence-corrected chi connectivity index (χ4v) is 4.13. The average molecular weight is 474 g/mol. The number of aromatic nitrogens is 5. The molecular weight excluding hydrogens is 445 g/mol. The van der Waals surface area contributed by atoms with Crippen molar-refractivity contribution < 1.29 is 18.7 Å². The van der Waals surface area contributed by atoms with E-state index in [1.54, 1.807) is 32.3 Å². The first kappa shape index (κ1) is 22.3. The number of anilines is 3. The summed E-state index contributed by atoms with van der Waals surface area (Å²) in [6.07, 6.45) is 1.24. The Labute approximate surface area is 195 Å². The first-order valence-electron chi connectivity index (χ1n) is 11.3. The topological polar surface area (TPSA) is 134 Å². The van der Waals surface area contributed by atoms with Crippen LogP contribution in [0.5, 0.6) is 0 Å². The Morgan fingerprint density at radius 1 is 1.32 bits per heavy atom. The Morgan fingerprint density at radius 3 is 2.94 bits per heavy atom. The SMILES string of the molecule is CC(C)NC(=O)O[C@@H]1CO[C@H](c2cc(Nc3ncc(N4CCNCC4)c4nccn34)n[nH]2)[C@H]1F. The maximum Gasteiger partial charge on any atom is 0.407 e. The molecule has 0 unspecified atom stereocenters. The molecule has 182 valence electrons. The Morgan fingerprint density at radius 2 is 2.15 bits per heavy atom. The minimum absolute atomic E-state index is 0.0379. The molecule has 3 atom stereocenters. The number of ether oxygens (including phenoxy) is 2. The van der Waals surface area contributed by atoms with Crippen LogP contribution in [-0.2, 0) is 9.47 Å². The number of H-pyrrole nitrogens is 1. The zero-order valence-electron chi connectivity index (χ0n) is 19.0. The number of amides is 1. The maximum atomic E-state index is 14.9. The molecule has 0 bridgehead atoms. The highest BCUT2D eigenvalue weighted by molar-refractivity contribution is 5.71. The van der Waals surface area contributed by atoms with Crippen molar-refractivity contribution in [1.82, 2.24) is 35.2 Å². The van der Waals surface area contributed by atoms with Gasteiger partial charge in [-0.25, -0.2) is 19.2 Å². The number of nitrogens with zero attached hydrogens (tertiary/aromatic N) is 5. The highest BCUT2D eigenvalue weighted by Gasteiger charge is 2.42. The van der Waals surface area contributed by atoms with E-state index in [9.17, 15) is 9.18 Å². The summed E-state index contributed by atoms with van der Waals surface area (Å²) in [5.74, 6) is 0.977. The molecule has 0 aliphatic carbocycles. The summed E-state index contributed by atoms with van der Waals surface area (Å²) in [6, 6.07) is 1.55. The summed E-state index contributed by atoms with van der Waals surface area (Å²) in [6.45, 7) is 7.15. The molecule has 3 aromatic heterocycles. The Balaban J connectivity index is 1.28. The number of hydrogen-bond donors (Lipinski definition) is 4. The predicted octanol–water partition coefficient (Wildman–Crippen LogP) is 1.52. The van der Waals surface area contributed by atoms with Gasteiger partial charge in [0.1, 0.15) is 6.10 Å². The van der Waals surface area contributed by atoms with Crippen LogP contribution in [-0.4, -0.2) is 81.8 Å². The fraction of sp³-hybridized carbons (Fsp3) is 0.524. The fourth-order valence-electron chi connectivity index (χ4n) is 4.13. The van der Waals surface area contributed by atoms with Gasteiger partial charge < -0.3 is 30.3 Å². The van der Waals surface area contributed by atoms with Crippen LogP contribution in [0.3, 0.4) is 0 Å². The van der Waals surface area contributed by atoms with E-state index in [0.717, 1.165) is 37.5 Å². The monoisotopic (exact) mass is 473 g/mol. The number of aromatic amines is 1. The molecule has 5 heterocycles. The van der Waals surface area contributed by atoms with Crippen LogP contribution in [0.1, 0.15) is 25.6 Å². The van der Waals surface area contributed by atoms with Gasteiger partial charge in [-0.2, -0.15) is 5.10 Å². The second-order valence-corrected chi connectivity index (χ2v) is 8.60. The molecule has 34 heavy (non-hydrogen) atoms. The number of carbonyl (C=O) groups excluding carboxylic acids is 1. The normalized spacial score (nSPS) is 22.9. The molecule has 13 heteroatoms. The van der Waals surface area contributed by atoms with Gasteiger partial charge in [0.15, 0.2) is 23.7 Å². The number of carbonyl (C=O) groups is 1. The lowest BCUT2D eigenvalue weighted by Gasteiger charge is -2.29. The van der Waals surface area contributed by atoms with Gasteiger partial charge in [0, 0.05) is 50.7 Å². The quantitative estimate of drug-likeness (QED) is 0.420. The molecule has 0 spiro atoms. The average Bonchev–Trinajstić information content (AvgIpc) is 3.55. The van der Waals surface area contributed by atoms with E-state index in [2.05, 4.69) is 41.0 Å². The number of alkyl carbamates (subject to hydrolysis) is 1. The number of fused-ring (bicyclic) bond motifs is 1. The Bertz CT molecular complexity index is 1140. The van der Waals surface area contributed by atoms with Crippen LogP contribution in [0.15, 0.2) is 24.7 Å². The highest BCUT2D eigenvalue weighted by atomic mass is 19.1. The number of imidazole rings is 1. The van der Waals surface area contributed by atoms with Crippen molar-refractivity contribution in [2.45, 2.75) is 38.3 Å². The number of rotatable bonds is 6. The molecule has 4 N–H and O–H groups in total. The molecule has 0 aromatic carbocycles. The van der Waals surface area contributed by atoms with Gasteiger partial charge in [0.25, 0.3) is 0 Å². The third-order valence-corrected chi connectivity index (χ3v) is 5.76. The number of hydrogen-bond acceptors (Lipinski definition) is 9. The minimum atomic E-state index is -1.52. The summed E-state index contributed by atoms with van der Waals surface area (Å²) in [4.78, 5) is 23.1. The van der Waals surface area contributed by atoms with Crippen molar-refractivity contribution in [3.05, 3.63) is 30.4 Å². The van der Waals surface area contributed by atoms with Crippen LogP contribution in [0.2, 0.25) is 0 Å². The second kappa shape index (κ2) is 9.43. The van der Waals surface area contributed by atoms with E-state index in [0.29, 0.717) is 17.5 Å². The van der Waals surface area contributed by atoms with Gasteiger partial charge >= 0.3 is 6.09 Å². The van der Waals surface area contributed by atoms with Gasteiger partial charge in [0.05, 0.1) is 24.2 Å². The molecular formula is C21H28FN9O3. The van der Waals surface area contributed by atoms with Crippen LogP contribution in [0.25, 0.3) is 5.65 Å². The van der Waals surface area contributed by atoms with Gasteiger partial charge in [0.2, 0.25) is 5.95 Å². The van der Waals surface area contributed by atoms with Crippen molar-refractivity contribution in [3.63, 3.8) is 0 Å². The van der Waals surface area contributed by atoms with E-state index in [-0.39, 0.29) is 12.6 Å². The number of piperazine rings is 1. The molecule has 2 aliphatic rings. The molecule has 0 radical (unpaired) electrons. The standard InChI is InChI=1S/C21H28FN9O3/c1-12(2)26-21(32)34-15-11-33-18(17(15)22)13-9-16(29-28-13)27-20-25-10-14(19-24-5-8-31(19)20)30-6-3-23-4-7-30/h5,8-10,12,15,17-18,23H,3-4,6-7,11H2,1-2H3,(H,26,32)(H2,25,27,28,29)/t15-,17+,18-/m1/s1. The van der Waals surface area contributed by atoms with Crippen molar-refractivity contribution in [2.24, 2.45) is 0 Å². The van der Waals surface area contributed by atoms with Crippen molar-refractivity contribution in [2.75, 3.05) is 43.0 Å².